The molecule has 3 nitrogen and oxygen atoms in total. The average Bonchev–Trinajstić information content (AvgIpc) is 2.69. The van der Waals surface area contributed by atoms with E-state index in [1.165, 1.54) is 29.8 Å². The molecule has 18 heavy (non-hydrogen) atoms. The highest BCUT2D eigenvalue weighted by Gasteiger charge is 2.22. The van der Waals surface area contributed by atoms with Gasteiger partial charge in [0, 0.05) is 5.39 Å². The second kappa shape index (κ2) is 5.24. The highest BCUT2D eigenvalue weighted by atomic mass is 32.1. The summed E-state index contributed by atoms with van der Waals surface area (Å²) in [6.45, 7) is 0. The van der Waals surface area contributed by atoms with Crippen molar-refractivity contribution in [2.24, 2.45) is 0 Å². The molecule has 1 fully saturated rings. The Kier molecular flexibility index (Phi) is 3.48. The van der Waals surface area contributed by atoms with Gasteiger partial charge >= 0.3 is 0 Å². The lowest BCUT2D eigenvalue weighted by molar-refractivity contribution is 0.145. The quantitative estimate of drug-likeness (QED) is 0.815. The largest absolute Gasteiger partial charge is 0.391 e. The van der Waals surface area contributed by atoms with E-state index < -0.39 is 0 Å². The van der Waals surface area contributed by atoms with Crippen molar-refractivity contribution in [1.82, 2.24) is 4.37 Å². The summed E-state index contributed by atoms with van der Waals surface area (Å²) in [7, 11) is 0. The predicted molar refractivity (Wildman–Crippen MR) is 76.1 cm³/mol. The standard InChI is InChI=1S/C14H18N2OS/c17-13-9-3-1-2-8-12(13)15-14-10-6-4-5-7-11(10)16-18-14/h4-7,12-13,15,17H,1-3,8-9H2. The van der Waals surface area contributed by atoms with Crippen molar-refractivity contribution >= 4 is 27.4 Å². The molecule has 2 N–H and O–H groups in total. The zero-order valence-corrected chi connectivity index (χ0v) is 11.1. The Morgan fingerprint density at radius 2 is 2.00 bits per heavy atom. The summed E-state index contributed by atoms with van der Waals surface area (Å²) in [5, 5.41) is 15.9. The van der Waals surface area contributed by atoms with Crippen LogP contribution in [0.15, 0.2) is 24.3 Å². The van der Waals surface area contributed by atoms with E-state index in [2.05, 4.69) is 15.8 Å². The monoisotopic (exact) mass is 262 g/mol. The molecule has 2 unspecified atom stereocenters. The van der Waals surface area contributed by atoms with Gasteiger partial charge in [0.1, 0.15) is 5.00 Å². The lowest BCUT2D eigenvalue weighted by Gasteiger charge is -2.21. The van der Waals surface area contributed by atoms with Crippen LogP contribution in [0.1, 0.15) is 32.1 Å². The molecule has 0 spiro atoms. The van der Waals surface area contributed by atoms with E-state index in [1.807, 2.05) is 18.2 Å². The predicted octanol–water partition coefficient (Wildman–Crippen LogP) is 3.40. The van der Waals surface area contributed by atoms with Gasteiger partial charge in [-0.2, -0.15) is 4.37 Å². The number of aliphatic hydroxyl groups is 1. The number of hydrogen-bond acceptors (Lipinski definition) is 4. The summed E-state index contributed by atoms with van der Waals surface area (Å²) in [5.74, 6) is 0. The van der Waals surface area contributed by atoms with Crippen molar-refractivity contribution in [1.29, 1.82) is 0 Å². The van der Waals surface area contributed by atoms with E-state index in [4.69, 9.17) is 0 Å². The summed E-state index contributed by atoms with van der Waals surface area (Å²) in [4.78, 5) is 0. The van der Waals surface area contributed by atoms with Crippen molar-refractivity contribution in [3.63, 3.8) is 0 Å². The molecule has 1 aliphatic carbocycles. The first-order valence-corrected chi connectivity index (χ1v) is 7.41. The molecule has 3 rings (SSSR count). The van der Waals surface area contributed by atoms with Gasteiger partial charge in [-0.15, -0.1) is 0 Å². The second-order valence-corrected chi connectivity index (χ2v) is 5.76. The van der Waals surface area contributed by atoms with Crippen LogP contribution in [-0.4, -0.2) is 21.6 Å². The highest BCUT2D eigenvalue weighted by molar-refractivity contribution is 7.11. The molecule has 2 aromatic rings. The van der Waals surface area contributed by atoms with E-state index in [0.717, 1.165) is 29.8 Å². The molecule has 1 heterocycles. The molecule has 0 bridgehead atoms. The van der Waals surface area contributed by atoms with Gasteiger partial charge in [0.05, 0.1) is 17.7 Å². The normalized spacial score (nSPS) is 24.9. The van der Waals surface area contributed by atoms with Crippen LogP contribution in [0.4, 0.5) is 5.00 Å². The van der Waals surface area contributed by atoms with Crippen LogP contribution >= 0.6 is 11.5 Å². The second-order valence-electron chi connectivity index (χ2n) is 4.99. The van der Waals surface area contributed by atoms with Crippen molar-refractivity contribution in [3.05, 3.63) is 24.3 Å². The van der Waals surface area contributed by atoms with Crippen molar-refractivity contribution in [2.45, 2.75) is 44.2 Å². The summed E-state index contributed by atoms with van der Waals surface area (Å²) >= 11 is 1.49. The molecule has 1 saturated carbocycles. The molecule has 0 aliphatic heterocycles. The third-order valence-corrected chi connectivity index (χ3v) is 4.49. The summed E-state index contributed by atoms with van der Waals surface area (Å²) < 4.78 is 4.43. The topological polar surface area (TPSA) is 45.1 Å². The number of aliphatic hydroxyl groups excluding tert-OH is 1. The Hall–Kier alpha value is -1.13. The fraction of sp³-hybridized carbons (Fsp3) is 0.500. The van der Waals surface area contributed by atoms with Crippen LogP contribution in [0, 0.1) is 0 Å². The van der Waals surface area contributed by atoms with Crippen molar-refractivity contribution in [3.8, 4) is 0 Å². The molecule has 96 valence electrons. The summed E-state index contributed by atoms with van der Waals surface area (Å²) in [6, 6.07) is 8.33. The maximum atomic E-state index is 10.1. The van der Waals surface area contributed by atoms with Gasteiger partial charge in [-0.1, -0.05) is 31.4 Å². The molecule has 4 heteroatoms. The number of aromatic nitrogens is 1. The smallest absolute Gasteiger partial charge is 0.117 e. The molecule has 2 atom stereocenters. The molecule has 1 aromatic heterocycles. The number of hydrogen-bond donors (Lipinski definition) is 2. The first-order chi connectivity index (χ1) is 8.84. The number of nitrogens with one attached hydrogen (secondary N) is 1. The number of rotatable bonds is 2. The first kappa shape index (κ1) is 11.9. The van der Waals surface area contributed by atoms with Crippen LogP contribution in [0.5, 0.6) is 0 Å². The SMILES string of the molecule is OC1CCCCCC1Nc1snc2ccccc12. The lowest BCUT2D eigenvalue weighted by Crippen LogP contribution is -2.32. The van der Waals surface area contributed by atoms with Gasteiger partial charge in [-0.05, 0) is 36.5 Å². The lowest BCUT2D eigenvalue weighted by atomic mass is 10.1. The maximum Gasteiger partial charge on any atom is 0.117 e. The minimum absolute atomic E-state index is 0.177. The summed E-state index contributed by atoms with van der Waals surface area (Å²) in [6.07, 6.45) is 5.31. The van der Waals surface area contributed by atoms with Gasteiger partial charge in [0.15, 0.2) is 0 Å². The molecule has 0 amide bonds. The zero-order valence-electron chi connectivity index (χ0n) is 10.3. The average molecular weight is 262 g/mol. The van der Waals surface area contributed by atoms with Gasteiger partial charge in [-0.25, -0.2) is 0 Å². The van der Waals surface area contributed by atoms with E-state index >= 15 is 0 Å². The fourth-order valence-corrected chi connectivity index (χ4v) is 3.44. The number of fused-ring (bicyclic) bond motifs is 1. The van der Waals surface area contributed by atoms with E-state index in [9.17, 15) is 5.11 Å². The number of nitrogens with zero attached hydrogens (tertiary/aromatic N) is 1. The Morgan fingerprint density at radius 3 is 2.94 bits per heavy atom. The number of anilines is 1. The van der Waals surface area contributed by atoms with Crippen LogP contribution in [0.2, 0.25) is 0 Å². The Labute approximate surface area is 111 Å². The summed E-state index contributed by atoms with van der Waals surface area (Å²) in [5.41, 5.74) is 1.04. The van der Waals surface area contributed by atoms with E-state index in [1.54, 1.807) is 0 Å². The maximum absolute atomic E-state index is 10.1. The Bertz CT molecular complexity index is 525. The fourth-order valence-electron chi connectivity index (χ4n) is 2.62. The third kappa shape index (κ3) is 2.35. The van der Waals surface area contributed by atoms with Gasteiger partial charge in [-0.3, -0.25) is 0 Å². The minimum atomic E-state index is -0.228. The van der Waals surface area contributed by atoms with E-state index in [-0.39, 0.29) is 12.1 Å². The Balaban J connectivity index is 1.82. The molecule has 1 aromatic carbocycles. The molecular weight excluding hydrogens is 244 g/mol. The molecule has 1 aliphatic rings. The molecular formula is C14H18N2OS. The van der Waals surface area contributed by atoms with Crippen LogP contribution in [0.25, 0.3) is 10.9 Å². The van der Waals surface area contributed by atoms with Crippen LogP contribution in [0.3, 0.4) is 0 Å². The van der Waals surface area contributed by atoms with Gasteiger partial charge in [0.25, 0.3) is 0 Å². The van der Waals surface area contributed by atoms with Crippen molar-refractivity contribution < 1.29 is 5.11 Å². The molecule has 0 radical (unpaired) electrons. The Morgan fingerprint density at radius 1 is 1.17 bits per heavy atom. The van der Waals surface area contributed by atoms with Gasteiger partial charge in [0.2, 0.25) is 0 Å². The van der Waals surface area contributed by atoms with Crippen LogP contribution in [-0.2, 0) is 0 Å². The number of benzene rings is 1. The van der Waals surface area contributed by atoms with Crippen molar-refractivity contribution in [2.75, 3.05) is 5.32 Å². The third-order valence-electron chi connectivity index (χ3n) is 3.68. The first-order valence-electron chi connectivity index (χ1n) is 6.63. The molecule has 0 saturated heterocycles. The zero-order chi connectivity index (χ0) is 12.4. The highest BCUT2D eigenvalue weighted by Crippen LogP contribution is 2.30. The van der Waals surface area contributed by atoms with E-state index in [0.29, 0.717) is 0 Å². The minimum Gasteiger partial charge on any atom is -0.391 e. The van der Waals surface area contributed by atoms with Gasteiger partial charge < -0.3 is 10.4 Å². The van der Waals surface area contributed by atoms with Crippen LogP contribution < -0.4 is 5.32 Å².